The van der Waals surface area contributed by atoms with Crippen molar-refractivity contribution in [2.45, 2.75) is 13.5 Å². The Kier molecular flexibility index (Phi) is 3.79. The number of nitrogens with one attached hydrogen (secondary N) is 1. The summed E-state index contributed by atoms with van der Waals surface area (Å²) >= 11 is 0. The summed E-state index contributed by atoms with van der Waals surface area (Å²) in [5.74, 6) is 0.0923. The summed E-state index contributed by atoms with van der Waals surface area (Å²) in [7, 11) is 0. The normalized spacial score (nSPS) is 10.5. The molecule has 0 spiro atoms. The van der Waals surface area contributed by atoms with Gasteiger partial charge in [0.15, 0.2) is 0 Å². The summed E-state index contributed by atoms with van der Waals surface area (Å²) < 4.78 is 33.4. The van der Waals surface area contributed by atoms with E-state index in [1.54, 1.807) is 13.0 Å². The molecule has 0 atom stereocenters. The van der Waals surface area contributed by atoms with E-state index in [-0.39, 0.29) is 11.7 Å². The predicted octanol–water partition coefficient (Wildman–Crippen LogP) is 3.44. The molecule has 0 saturated heterocycles. The van der Waals surface area contributed by atoms with Crippen molar-refractivity contribution < 1.29 is 22.7 Å². The largest absolute Gasteiger partial charge is 0.469 e. The molecule has 6 heteroatoms. The molecule has 1 aromatic carbocycles. The van der Waals surface area contributed by atoms with E-state index in [0.717, 1.165) is 0 Å². The number of rotatable bonds is 4. The molecule has 4 nitrogen and oxygen atoms in total. The molecule has 1 N–H and O–H groups in total. The van der Waals surface area contributed by atoms with Gasteiger partial charge in [-0.15, -0.1) is 0 Å². The van der Waals surface area contributed by atoms with Crippen LogP contribution in [0.3, 0.4) is 0 Å². The van der Waals surface area contributed by atoms with Crippen molar-refractivity contribution in [3.8, 4) is 5.75 Å². The lowest BCUT2D eigenvalue weighted by atomic mass is 10.2. The Bertz CT molecular complexity index is 581. The van der Waals surface area contributed by atoms with E-state index in [0.29, 0.717) is 17.0 Å². The van der Waals surface area contributed by atoms with Gasteiger partial charge >= 0.3 is 6.61 Å². The quantitative estimate of drug-likeness (QED) is 0.923. The van der Waals surface area contributed by atoms with Gasteiger partial charge in [0.25, 0.3) is 5.91 Å². The second-order valence-corrected chi connectivity index (χ2v) is 3.75. The molecule has 1 heterocycles. The summed E-state index contributed by atoms with van der Waals surface area (Å²) in [5, 5.41) is 2.57. The number of amides is 1. The fourth-order valence-electron chi connectivity index (χ4n) is 1.57. The minimum absolute atomic E-state index is 0.0169. The van der Waals surface area contributed by atoms with Gasteiger partial charge in [-0.1, -0.05) is 6.07 Å². The third-order valence-corrected chi connectivity index (χ3v) is 2.42. The Labute approximate surface area is 108 Å². The van der Waals surface area contributed by atoms with Crippen LogP contribution in [0.4, 0.5) is 14.5 Å². The topological polar surface area (TPSA) is 51.5 Å². The lowest BCUT2D eigenvalue weighted by molar-refractivity contribution is -0.0497. The smallest absolute Gasteiger partial charge is 0.387 e. The number of anilines is 1. The van der Waals surface area contributed by atoms with E-state index in [2.05, 4.69) is 10.1 Å². The zero-order chi connectivity index (χ0) is 13.8. The summed E-state index contributed by atoms with van der Waals surface area (Å²) in [5.41, 5.74) is 0.754. The number of ether oxygens (including phenoxy) is 1. The van der Waals surface area contributed by atoms with E-state index in [4.69, 9.17) is 4.42 Å². The highest BCUT2D eigenvalue weighted by Gasteiger charge is 2.12. The van der Waals surface area contributed by atoms with Gasteiger partial charge in [0.1, 0.15) is 11.5 Å². The first kappa shape index (κ1) is 13.1. The third kappa shape index (κ3) is 3.31. The summed E-state index contributed by atoms with van der Waals surface area (Å²) in [6.45, 7) is -1.24. The van der Waals surface area contributed by atoms with Gasteiger partial charge in [-0.25, -0.2) is 0 Å². The first-order valence-electron chi connectivity index (χ1n) is 5.46. The van der Waals surface area contributed by atoms with Gasteiger partial charge in [-0.3, -0.25) is 4.79 Å². The van der Waals surface area contributed by atoms with Crippen molar-refractivity contribution in [3.05, 3.63) is 47.9 Å². The second kappa shape index (κ2) is 5.51. The number of carbonyl (C=O) groups excluding carboxylic acids is 1. The van der Waals surface area contributed by atoms with Crippen LogP contribution < -0.4 is 10.1 Å². The molecule has 2 aromatic rings. The van der Waals surface area contributed by atoms with E-state index in [9.17, 15) is 13.6 Å². The zero-order valence-corrected chi connectivity index (χ0v) is 10.0. The summed E-state index contributed by atoms with van der Waals surface area (Å²) in [4.78, 5) is 11.9. The van der Waals surface area contributed by atoms with Crippen LogP contribution in [0.15, 0.2) is 41.0 Å². The SMILES string of the molecule is Cc1occc1C(=O)Nc1cccc(OC(F)F)c1. The molecule has 0 aliphatic carbocycles. The van der Waals surface area contributed by atoms with Gasteiger partial charge in [0.05, 0.1) is 11.8 Å². The highest BCUT2D eigenvalue weighted by atomic mass is 19.3. The molecule has 0 saturated carbocycles. The number of alkyl halides is 2. The van der Waals surface area contributed by atoms with Crippen molar-refractivity contribution in [1.82, 2.24) is 0 Å². The number of halogens is 2. The number of carbonyl (C=O) groups is 1. The van der Waals surface area contributed by atoms with Crippen LogP contribution in [0.1, 0.15) is 16.1 Å². The molecule has 0 fully saturated rings. The van der Waals surface area contributed by atoms with E-state index < -0.39 is 6.61 Å². The van der Waals surface area contributed by atoms with Crippen molar-refractivity contribution in [1.29, 1.82) is 0 Å². The van der Waals surface area contributed by atoms with Gasteiger partial charge in [0.2, 0.25) is 0 Å². The molecule has 0 unspecified atom stereocenters. The van der Waals surface area contributed by atoms with Crippen LogP contribution >= 0.6 is 0 Å². The summed E-state index contributed by atoms with van der Waals surface area (Å²) in [6, 6.07) is 7.32. The standard InChI is InChI=1S/C13H11F2NO3/c1-8-11(5-6-18-8)12(17)16-9-3-2-4-10(7-9)19-13(14)15/h2-7,13H,1H3,(H,16,17). The Morgan fingerprint density at radius 1 is 1.37 bits per heavy atom. The van der Waals surface area contributed by atoms with E-state index in [1.165, 1.54) is 30.5 Å². The molecule has 0 aliphatic heterocycles. The third-order valence-electron chi connectivity index (χ3n) is 2.42. The van der Waals surface area contributed by atoms with E-state index in [1.807, 2.05) is 0 Å². The average Bonchev–Trinajstić information content (AvgIpc) is 2.75. The van der Waals surface area contributed by atoms with Gasteiger partial charge < -0.3 is 14.5 Å². The Balaban J connectivity index is 2.11. The average molecular weight is 267 g/mol. The number of furan rings is 1. The van der Waals surface area contributed by atoms with Crippen LogP contribution in [0.5, 0.6) is 5.75 Å². The van der Waals surface area contributed by atoms with Crippen molar-refractivity contribution in [2.75, 3.05) is 5.32 Å². The van der Waals surface area contributed by atoms with Crippen LogP contribution in [-0.2, 0) is 0 Å². The molecule has 19 heavy (non-hydrogen) atoms. The van der Waals surface area contributed by atoms with Crippen LogP contribution in [0, 0.1) is 6.92 Å². The predicted molar refractivity (Wildman–Crippen MR) is 64.5 cm³/mol. The number of hydrogen-bond donors (Lipinski definition) is 1. The maximum atomic E-state index is 12.1. The number of hydrogen-bond acceptors (Lipinski definition) is 3. The van der Waals surface area contributed by atoms with Crippen LogP contribution in [0.25, 0.3) is 0 Å². The number of aryl methyl sites for hydroxylation is 1. The van der Waals surface area contributed by atoms with Gasteiger partial charge in [0, 0.05) is 11.8 Å². The minimum atomic E-state index is -2.90. The van der Waals surface area contributed by atoms with Crippen LogP contribution in [-0.4, -0.2) is 12.5 Å². The van der Waals surface area contributed by atoms with Gasteiger partial charge in [-0.2, -0.15) is 8.78 Å². The monoisotopic (exact) mass is 267 g/mol. The molecule has 100 valence electrons. The lowest BCUT2D eigenvalue weighted by Gasteiger charge is -2.08. The molecule has 0 radical (unpaired) electrons. The first-order valence-corrected chi connectivity index (χ1v) is 5.46. The van der Waals surface area contributed by atoms with Crippen molar-refractivity contribution in [3.63, 3.8) is 0 Å². The fraction of sp³-hybridized carbons (Fsp3) is 0.154. The molecule has 1 aromatic heterocycles. The highest BCUT2D eigenvalue weighted by molar-refractivity contribution is 6.04. The van der Waals surface area contributed by atoms with Crippen molar-refractivity contribution >= 4 is 11.6 Å². The molecule has 2 rings (SSSR count). The molecule has 1 amide bonds. The lowest BCUT2D eigenvalue weighted by Crippen LogP contribution is -2.12. The van der Waals surface area contributed by atoms with Gasteiger partial charge in [-0.05, 0) is 25.1 Å². The highest BCUT2D eigenvalue weighted by Crippen LogP contribution is 2.20. The van der Waals surface area contributed by atoms with E-state index >= 15 is 0 Å². The first-order chi connectivity index (χ1) is 9.06. The second-order valence-electron chi connectivity index (χ2n) is 3.75. The molecular weight excluding hydrogens is 256 g/mol. The Morgan fingerprint density at radius 3 is 2.79 bits per heavy atom. The molecule has 0 aliphatic rings. The minimum Gasteiger partial charge on any atom is -0.469 e. The molecular formula is C13H11F2NO3. The van der Waals surface area contributed by atoms with Crippen molar-refractivity contribution in [2.24, 2.45) is 0 Å². The Morgan fingerprint density at radius 2 is 2.16 bits per heavy atom. The summed E-state index contributed by atoms with van der Waals surface area (Å²) in [6.07, 6.45) is 1.40. The maximum Gasteiger partial charge on any atom is 0.387 e. The zero-order valence-electron chi connectivity index (χ0n) is 10.0. The Hall–Kier alpha value is -2.37. The maximum absolute atomic E-state index is 12.1. The fourth-order valence-corrected chi connectivity index (χ4v) is 1.57. The molecule has 0 bridgehead atoms. The van der Waals surface area contributed by atoms with Crippen LogP contribution in [0.2, 0.25) is 0 Å². The number of benzene rings is 1.